The maximum absolute atomic E-state index is 11.8. The highest BCUT2D eigenvalue weighted by Gasteiger charge is 2.22. The van der Waals surface area contributed by atoms with E-state index in [1.54, 1.807) is 4.90 Å². The van der Waals surface area contributed by atoms with Crippen molar-refractivity contribution in [3.8, 4) is 0 Å². The Kier molecular flexibility index (Phi) is 4.28. The second-order valence-corrected chi connectivity index (χ2v) is 6.29. The number of hydrogen-bond acceptors (Lipinski definition) is 4. The van der Waals surface area contributed by atoms with E-state index in [0.717, 1.165) is 23.7 Å². The van der Waals surface area contributed by atoms with Crippen molar-refractivity contribution >= 4 is 15.9 Å². The largest absolute Gasteiger partial charge is 0.339 e. The van der Waals surface area contributed by atoms with Gasteiger partial charge in [-0.05, 0) is 7.05 Å². The van der Waals surface area contributed by atoms with Crippen molar-refractivity contribution in [2.45, 2.75) is 0 Å². The summed E-state index contributed by atoms with van der Waals surface area (Å²) in [5.74, 6) is -0.124. The molecule has 7 heteroatoms. The van der Waals surface area contributed by atoms with Crippen LogP contribution in [0.2, 0.25) is 0 Å². The van der Waals surface area contributed by atoms with Crippen LogP contribution < -0.4 is 0 Å². The Morgan fingerprint density at radius 1 is 1.25 bits per heavy atom. The monoisotopic (exact) mass is 249 g/mol. The van der Waals surface area contributed by atoms with E-state index in [-0.39, 0.29) is 12.5 Å². The average Bonchev–Trinajstić information content (AvgIpc) is 2.17. The summed E-state index contributed by atoms with van der Waals surface area (Å²) in [6, 6.07) is 0. The third-order valence-electron chi connectivity index (χ3n) is 2.78. The van der Waals surface area contributed by atoms with Crippen molar-refractivity contribution in [3.63, 3.8) is 0 Å². The lowest BCUT2D eigenvalue weighted by Gasteiger charge is -2.33. The third kappa shape index (κ3) is 3.73. The summed E-state index contributed by atoms with van der Waals surface area (Å²) in [7, 11) is 0.152. The first-order valence-corrected chi connectivity index (χ1v) is 7.03. The van der Waals surface area contributed by atoms with Crippen molar-refractivity contribution in [2.75, 3.05) is 53.1 Å². The van der Waals surface area contributed by atoms with Crippen molar-refractivity contribution in [1.82, 2.24) is 14.1 Å². The Bertz CT molecular complexity index is 347. The quantitative estimate of drug-likeness (QED) is 0.620. The molecule has 0 bridgehead atoms. The molecule has 0 atom stereocenters. The number of hydrogen-bond donors (Lipinski definition) is 0. The van der Waals surface area contributed by atoms with Crippen LogP contribution >= 0.6 is 0 Å². The lowest BCUT2D eigenvalue weighted by atomic mass is 10.3. The van der Waals surface area contributed by atoms with Crippen LogP contribution in [-0.4, -0.2) is 81.5 Å². The highest BCUT2D eigenvalue weighted by atomic mass is 32.2. The van der Waals surface area contributed by atoms with E-state index in [1.807, 2.05) is 7.05 Å². The third-order valence-corrected chi connectivity index (χ3v) is 4.04. The molecule has 1 aliphatic rings. The predicted molar refractivity (Wildman–Crippen MR) is 61.6 cm³/mol. The number of likely N-dealkylation sites (N-methyl/N-ethyl adjacent to an activating group) is 2. The van der Waals surface area contributed by atoms with Gasteiger partial charge < -0.3 is 9.80 Å². The SMILES string of the molecule is CN1CCN(C(=O)CN(C)S(C)(=O)=O)CC1. The summed E-state index contributed by atoms with van der Waals surface area (Å²) in [5, 5.41) is 0. The van der Waals surface area contributed by atoms with Gasteiger partial charge in [0, 0.05) is 33.2 Å². The number of sulfonamides is 1. The number of carbonyl (C=O) groups excluding carboxylic acids is 1. The maximum atomic E-state index is 11.8. The van der Waals surface area contributed by atoms with E-state index >= 15 is 0 Å². The van der Waals surface area contributed by atoms with Gasteiger partial charge in [0.2, 0.25) is 15.9 Å². The lowest BCUT2D eigenvalue weighted by molar-refractivity contribution is -0.132. The summed E-state index contributed by atoms with van der Waals surface area (Å²) >= 11 is 0. The second-order valence-electron chi connectivity index (χ2n) is 4.20. The van der Waals surface area contributed by atoms with Crippen LogP contribution in [0.1, 0.15) is 0 Å². The first kappa shape index (κ1) is 13.4. The predicted octanol–water partition coefficient (Wildman–Crippen LogP) is -1.35. The van der Waals surface area contributed by atoms with Gasteiger partial charge in [-0.3, -0.25) is 4.79 Å². The van der Waals surface area contributed by atoms with Crippen LogP contribution in [0.15, 0.2) is 0 Å². The average molecular weight is 249 g/mol. The number of carbonyl (C=O) groups is 1. The van der Waals surface area contributed by atoms with Gasteiger partial charge in [-0.1, -0.05) is 0 Å². The van der Waals surface area contributed by atoms with Crippen LogP contribution in [0.5, 0.6) is 0 Å². The van der Waals surface area contributed by atoms with Gasteiger partial charge in [0.15, 0.2) is 0 Å². The van der Waals surface area contributed by atoms with Gasteiger partial charge in [0.25, 0.3) is 0 Å². The minimum absolute atomic E-state index is 0.0669. The van der Waals surface area contributed by atoms with E-state index < -0.39 is 10.0 Å². The summed E-state index contributed by atoms with van der Waals surface area (Å²) in [6.07, 6.45) is 1.10. The topological polar surface area (TPSA) is 60.9 Å². The molecule has 94 valence electrons. The molecule has 1 amide bonds. The molecule has 0 aromatic heterocycles. The Morgan fingerprint density at radius 3 is 2.19 bits per heavy atom. The minimum Gasteiger partial charge on any atom is -0.339 e. The zero-order valence-corrected chi connectivity index (χ0v) is 10.8. The molecule has 1 fully saturated rings. The Balaban J connectivity index is 2.47. The molecule has 1 rings (SSSR count). The van der Waals surface area contributed by atoms with Crippen LogP contribution in [0.4, 0.5) is 0 Å². The van der Waals surface area contributed by atoms with Crippen molar-refractivity contribution in [2.24, 2.45) is 0 Å². The Morgan fingerprint density at radius 2 is 1.75 bits per heavy atom. The van der Waals surface area contributed by atoms with Crippen LogP contribution in [0.25, 0.3) is 0 Å². The first-order chi connectivity index (χ1) is 7.30. The van der Waals surface area contributed by atoms with E-state index in [4.69, 9.17) is 0 Å². The fraction of sp³-hybridized carbons (Fsp3) is 0.889. The van der Waals surface area contributed by atoms with Gasteiger partial charge in [-0.15, -0.1) is 0 Å². The van der Waals surface area contributed by atoms with Crippen molar-refractivity contribution in [1.29, 1.82) is 0 Å². The summed E-state index contributed by atoms with van der Waals surface area (Å²) in [5.41, 5.74) is 0. The molecule has 0 aromatic carbocycles. The van der Waals surface area contributed by atoms with E-state index in [9.17, 15) is 13.2 Å². The molecule has 0 aliphatic carbocycles. The van der Waals surface area contributed by atoms with Gasteiger partial charge in [-0.25, -0.2) is 8.42 Å². The Hall–Kier alpha value is -0.660. The number of amides is 1. The van der Waals surface area contributed by atoms with Crippen molar-refractivity contribution in [3.05, 3.63) is 0 Å². The molecular formula is C9H19N3O3S. The molecule has 6 nitrogen and oxygen atoms in total. The molecule has 0 radical (unpaired) electrons. The standard InChI is InChI=1S/C9H19N3O3S/c1-10-4-6-12(7-5-10)9(13)8-11(2)16(3,14)15/h4-8H2,1-3H3. The van der Waals surface area contributed by atoms with E-state index in [1.165, 1.54) is 7.05 Å². The zero-order valence-electron chi connectivity index (χ0n) is 10.0. The van der Waals surface area contributed by atoms with Crippen molar-refractivity contribution < 1.29 is 13.2 Å². The van der Waals surface area contributed by atoms with Gasteiger partial charge >= 0.3 is 0 Å². The molecule has 1 aliphatic heterocycles. The fourth-order valence-electron chi connectivity index (χ4n) is 1.46. The fourth-order valence-corrected chi connectivity index (χ4v) is 1.81. The smallest absolute Gasteiger partial charge is 0.237 e. The van der Waals surface area contributed by atoms with Gasteiger partial charge in [-0.2, -0.15) is 4.31 Å². The number of nitrogens with zero attached hydrogens (tertiary/aromatic N) is 3. The molecule has 1 heterocycles. The normalized spacial score (nSPS) is 19.1. The summed E-state index contributed by atoms with van der Waals surface area (Å²) in [6.45, 7) is 2.96. The molecule has 0 aromatic rings. The lowest BCUT2D eigenvalue weighted by Crippen LogP contribution is -2.50. The molecule has 1 saturated heterocycles. The number of rotatable bonds is 3. The number of piperazine rings is 1. The Labute approximate surface area is 96.9 Å². The molecule has 0 spiro atoms. The van der Waals surface area contributed by atoms with E-state index in [2.05, 4.69) is 4.90 Å². The van der Waals surface area contributed by atoms with Crippen LogP contribution in [-0.2, 0) is 14.8 Å². The maximum Gasteiger partial charge on any atom is 0.237 e. The van der Waals surface area contributed by atoms with Gasteiger partial charge in [0.1, 0.15) is 0 Å². The second kappa shape index (κ2) is 5.11. The zero-order chi connectivity index (χ0) is 12.3. The highest BCUT2D eigenvalue weighted by Crippen LogP contribution is 2.02. The molecule has 0 unspecified atom stereocenters. The molecule has 0 N–H and O–H groups in total. The summed E-state index contributed by atoms with van der Waals surface area (Å²) < 4.78 is 23.4. The summed E-state index contributed by atoms with van der Waals surface area (Å²) in [4.78, 5) is 15.6. The molecular weight excluding hydrogens is 230 g/mol. The van der Waals surface area contributed by atoms with E-state index in [0.29, 0.717) is 13.1 Å². The minimum atomic E-state index is -3.27. The first-order valence-electron chi connectivity index (χ1n) is 5.18. The van der Waals surface area contributed by atoms with Gasteiger partial charge in [0.05, 0.1) is 12.8 Å². The molecule has 16 heavy (non-hydrogen) atoms. The molecule has 0 saturated carbocycles. The van der Waals surface area contributed by atoms with Crippen LogP contribution in [0, 0.1) is 0 Å². The van der Waals surface area contributed by atoms with Crippen LogP contribution in [0.3, 0.4) is 0 Å². The highest BCUT2D eigenvalue weighted by molar-refractivity contribution is 7.88.